The molecule has 0 aliphatic carbocycles. The van der Waals surface area contributed by atoms with E-state index in [4.69, 9.17) is 10.0 Å². The summed E-state index contributed by atoms with van der Waals surface area (Å²) in [5.74, 6) is 0. The van der Waals surface area contributed by atoms with Gasteiger partial charge in [0.2, 0.25) is 0 Å². The molecule has 1 aromatic carbocycles. The molecule has 0 aliphatic heterocycles. The normalized spacial score (nSPS) is 14.2. The van der Waals surface area contributed by atoms with Gasteiger partial charge in [0, 0.05) is 0 Å². The van der Waals surface area contributed by atoms with Gasteiger partial charge in [0.15, 0.2) is 0 Å². The van der Waals surface area contributed by atoms with Crippen molar-refractivity contribution in [2.75, 3.05) is 0 Å². The fourth-order valence-corrected chi connectivity index (χ4v) is 24.9. The van der Waals surface area contributed by atoms with Gasteiger partial charge in [0.05, 0.1) is 0 Å². The second-order valence-electron chi connectivity index (χ2n) is 11.2. The molecular formula is C23H39AlClGe. The summed E-state index contributed by atoms with van der Waals surface area (Å²) in [6.45, 7) is 28.3. The molecule has 1 radical (unpaired) electrons. The van der Waals surface area contributed by atoms with E-state index >= 15 is 0 Å². The Morgan fingerprint density at radius 2 is 1.23 bits per heavy atom. The van der Waals surface area contributed by atoms with Crippen LogP contribution in [0.4, 0.5) is 0 Å². The van der Waals surface area contributed by atoms with Crippen LogP contribution in [0.15, 0.2) is 21.5 Å². The van der Waals surface area contributed by atoms with E-state index in [0.717, 1.165) is 0 Å². The molecular weight excluding hydrogens is 411 g/mol. The minimum atomic E-state index is -2.08. The number of hydrogen-bond acceptors (Lipinski definition) is 0. The predicted molar refractivity (Wildman–Crippen MR) is 125 cm³/mol. The zero-order valence-electron chi connectivity index (χ0n) is 19.2. The molecule has 145 valence electrons. The molecule has 0 fully saturated rings. The summed E-state index contributed by atoms with van der Waals surface area (Å²) in [6, 6.07) is 4.63. The Hall–Kier alpha value is 0.325. The number of benzene rings is 1. The molecule has 0 nitrogen and oxygen atoms in total. The summed E-state index contributed by atoms with van der Waals surface area (Å²) < 4.78 is 3.79. The maximum atomic E-state index is 7.48. The summed E-state index contributed by atoms with van der Waals surface area (Å²) in [5.41, 5.74) is 4.29. The Bertz CT molecular complexity index is 632. The first-order valence-electron chi connectivity index (χ1n) is 9.79. The van der Waals surface area contributed by atoms with Crippen LogP contribution < -0.4 is 4.40 Å². The third-order valence-electron chi connectivity index (χ3n) is 4.78. The van der Waals surface area contributed by atoms with Gasteiger partial charge >= 0.3 is 177 Å². The summed E-state index contributed by atoms with van der Waals surface area (Å²) in [4.78, 5) is 0. The topological polar surface area (TPSA) is 0 Å². The van der Waals surface area contributed by atoms with Crippen molar-refractivity contribution in [2.24, 2.45) is 5.41 Å². The summed E-state index contributed by atoms with van der Waals surface area (Å²) in [6.07, 6.45) is 2.57. The third kappa shape index (κ3) is 6.44. The molecule has 0 N–H and O–H groups in total. The quantitative estimate of drug-likeness (QED) is 0.427. The van der Waals surface area contributed by atoms with Crippen LogP contribution in [0.2, 0.25) is 8.55 Å². The minimum absolute atomic E-state index is 0.163. The van der Waals surface area contributed by atoms with E-state index in [1.807, 2.05) is 0 Å². The second kappa shape index (κ2) is 8.37. The molecule has 0 saturated carbocycles. The molecule has 0 amide bonds. The van der Waals surface area contributed by atoms with Gasteiger partial charge < -0.3 is 0 Å². The number of hydrogen-bond donors (Lipinski definition) is 0. The molecule has 0 bridgehead atoms. The van der Waals surface area contributed by atoms with Crippen molar-refractivity contribution < 1.29 is 0 Å². The van der Waals surface area contributed by atoms with E-state index in [9.17, 15) is 0 Å². The molecule has 1 rings (SSSR count). The molecule has 26 heavy (non-hydrogen) atoms. The monoisotopic (exact) mass is 451 g/mol. The van der Waals surface area contributed by atoms with Crippen molar-refractivity contribution in [1.82, 2.24) is 0 Å². The van der Waals surface area contributed by atoms with E-state index in [1.165, 1.54) is 21.1 Å². The first kappa shape index (κ1) is 24.4. The van der Waals surface area contributed by atoms with E-state index in [1.54, 1.807) is 3.27 Å². The Balaban J connectivity index is 3.71. The van der Waals surface area contributed by atoms with Gasteiger partial charge in [0.25, 0.3) is 0 Å². The maximum absolute atomic E-state index is 7.48. The van der Waals surface area contributed by atoms with Gasteiger partial charge in [-0.2, -0.15) is 0 Å². The fourth-order valence-electron chi connectivity index (χ4n) is 4.64. The Labute approximate surface area is 176 Å². The molecule has 0 atom stereocenters. The molecule has 0 spiro atoms. The average molecular weight is 451 g/mol. The van der Waals surface area contributed by atoms with Crippen LogP contribution in [0.25, 0.3) is 0 Å². The fraction of sp³-hybridized carbons (Fsp3) is 0.652. The van der Waals surface area contributed by atoms with Crippen molar-refractivity contribution in [3.8, 4) is 0 Å². The number of aryl methyl sites for hydroxylation is 3. The van der Waals surface area contributed by atoms with Crippen molar-refractivity contribution in [2.45, 2.75) is 91.6 Å². The van der Waals surface area contributed by atoms with Gasteiger partial charge in [-0.05, 0) is 0 Å². The van der Waals surface area contributed by atoms with E-state index < -0.39 is 27.6 Å². The SMILES string of the molecule is Cc1cc(C)[c]([Ge]([Cl])/[C](=C/C(C)(C)C)[Al]([C](C)(C)C)[C](C)(C)C)c(C)c1. The van der Waals surface area contributed by atoms with Crippen LogP contribution in [0.3, 0.4) is 0 Å². The van der Waals surface area contributed by atoms with Crippen molar-refractivity contribution >= 4 is 42.0 Å². The zero-order valence-corrected chi connectivity index (χ0v) is 23.2. The number of rotatable bonds is 3. The van der Waals surface area contributed by atoms with Gasteiger partial charge in [-0.1, -0.05) is 0 Å². The van der Waals surface area contributed by atoms with E-state index in [-0.39, 0.29) is 5.41 Å². The molecule has 0 aromatic heterocycles. The van der Waals surface area contributed by atoms with Gasteiger partial charge in [0.1, 0.15) is 0 Å². The predicted octanol–water partition coefficient (Wildman–Crippen LogP) is 7.20. The third-order valence-corrected chi connectivity index (χ3v) is 19.4. The van der Waals surface area contributed by atoms with Crippen LogP contribution in [0, 0.1) is 26.2 Å². The van der Waals surface area contributed by atoms with Crippen molar-refractivity contribution in [3.05, 3.63) is 38.2 Å². The Morgan fingerprint density at radius 1 is 0.846 bits per heavy atom. The summed E-state index contributed by atoms with van der Waals surface area (Å²) in [7, 11) is 7.48. The van der Waals surface area contributed by atoms with Gasteiger partial charge in [-0.25, -0.2) is 0 Å². The molecule has 3 heteroatoms. The first-order valence-corrected chi connectivity index (χ1v) is 16.4. The molecule has 1 aromatic rings. The molecule has 0 aliphatic rings. The molecule has 0 heterocycles. The average Bonchev–Trinajstić information content (AvgIpc) is 2.30. The standard InChI is InChI=1S/C15H21ClGe.2C4H9.Al/c1-11-9-12(2)14(13(3)10-11)17(16)8-7-15(4,5)6;2*1-4(2)3;/h7,9-10H,1-6H3;2*1-3H3;. The number of allylic oxidation sites excluding steroid dienone is 1. The van der Waals surface area contributed by atoms with Crippen LogP contribution in [0.5, 0.6) is 0 Å². The van der Waals surface area contributed by atoms with Crippen molar-refractivity contribution in [1.29, 1.82) is 0 Å². The van der Waals surface area contributed by atoms with Gasteiger partial charge in [-0.3, -0.25) is 0 Å². The van der Waals surface area contributed by atoms with Crippen molar-refractivity contribution in [3.63, 3.8) is 0 Å². The van der Waals surface area contributed by atoms with E-state index in [0.29, 0.717) is 8.55 Å². The van der Waals surface area contributed by atoms with Gasteiger partial charge in [-0.15, -0.1) is 0 Å². The number of halogens is 1. The Morgan fingerprint density at radius 3 is 1.54 bits per heavy atom. The second-order valence-corrected chi connectivity index (χ2v) is 22.9. The zero-order chi connectivity index (χ0) is 20.7. The molecule has 0 saturated heterocycles. The van der Waals surface area contributed by atoms with Crippen LogP contribution >= 0.6 is 10.0 Å². The van der Waals surface area contributed by atoms with Crippen LogP contribution in [-0.2, 0) is 0 Å². The summed E-state index contributed by atoms with van der Waals surface area (Å²) >= 11 is -3.38. The van der Waals surface area contributed by atoms with E-state index in [2.05, 4.69) is 101 Å². The summed E-state index contributed by atoms with van der Waals surface area (Å²) in [5, 5.41) is 0. The first-order chi connectivity index (χ1) is 11.4. The molecule has 0 unspecified atom stereocenters. The van der Waals surface area contributed by atoms with Crippen LogP contribution in [0.1, 0.15) is 79.0 Å². The Kier molecular flexibility index (Phi) is 7.84. The van der Waals surface area contributed by atoms with Crippen LogP contribution in [-0.4, -0.2) is 27.6 Å².